The van der Waals surface area contributed by atoms with Crippen molar-refractivity contribution >= 4 is 5.97 Å². The second-order valence-corrected chi connectivity index (χ2v) is 8.52. The van der Waals surface area contributed by atoms with Gasteiger partial charge in [-0.3, -0.25) is 4.79 Å². The average Bonchev–Trinajstić information content (AvgIpc) is 3.40. The Bertz CT molecular complexity index is 1110. The normalized spacial score (nSPS) is 13.9. The fraction of sp³-hybridized carbons (Fsp3) is 0.385. The first-order valence-electron chi connectivity index (χ1n) is 11.3. The molecule has 0 amide bonds. The van der Waals surface area contributed by atoms with E-state index in [0.29, 0.717) is 11.3 Å². The molecule has 0 atom stereocenters. The summed E-state index contributed by atoms with van der Waals surface area (Å²) in [4.78, 5) is 10.7. The Morgan fingerprint density at radius 1 is 1.15 bits per heavy atom. The van der Waals surface area contributed by atoms with Gasteiger partial charge in [-0.2, -0.15) is 0 Å². The van der Waals surface area contributed by atoms with Crippen molar-refractivity contribution in [2.24, 2.45) is 0 Å². The number of ether oxygens (including phenoxy) is 2. The maximum atomic E-state index is 14.3. The number of aliphatic carboxylic acids is 1. The van der Waals surface area contributed by atoms with Crippen molar-refractivity contribution in [2.45, 2.75) is 65.1 Å². The quantitative estimate of drug-likeness (QED) is 0.427. The minimum atomic E-state index is -0.955. The standard InChI is InChI=1S/C26H28FNO5/c1-16-26(17(2)33-28-16)20-11-18(12-23(13-20)32-21-5-3-4-6-21)15-31-22-9-7-19(24(27)14-22)8-10-25(29)30/h7,9,11-14,21H,3-6,8,10,15H2,1-2H3,(H,29,30). The Morgan fingerprint density at radius 2 is 1.94 bits per heavy atom. The van der Waals surface area contributed by atoms with Crippen LogP contribution in [0.4, 0.5) is 4.39 Å². The fourth-order valence-corrected chi connectivity index (χ4v) is 4.28. The lowest BCUT2D eigenvalue weighted by molar-refractivity contribution is -0.136. The molecule has 7 heteroatoms. The lowest BCUT2D eigenvalue weighted by atomic mass is 10.0. The van der Waals surface area contributed by atoms with Crippen LogP contribution in [-0.2, 0) is 17.8 Å². The molecule has 1 aliphatic rings. The van der Waals surface area contributed by atoms with Crippen molar-refractivity contribution in [3.05, 3.63) is 64.8 Å². The summed E-state index contributed by atoms with van der Waals surface area (Å²) in [6, 6.07) is 10.5. The van der Waals surface area contributed by atoms with Crippen LogP contribution >= 0.6 is 0 Å². The molecule has 1 heterocycles. The van der Waals surface area contributed by atoms with Gasteiger partial charge in [0.05, 0.1) is 11.8 Å². The minimum Gasteiger partial charge on any atom is -0.490 e. The Hall–Kier alpha value is -3.35. The number of hydrogen-bond donors (Lipinski definition) is 1. The van der Waals surface area contributed by atoms with E-state index in [-0.39, 0.29) is 25.6 Å². The smallest absolute Gasteiger partial charge is 0.303 e. The predicted molar refractivity (Wildman–Crippen MR) is 121 cm³/mol. The second kappa shape index (κ2) is 10.1. The number of benzene rings is 2. The Balaban J connectivity index is 1.54. The molecule has 6 nitrogen and oxygen atoms in total. The SMILES string of the molecule is Cc1noc(C)c1-c1cc(COc2ccc(CCC(=O)O)c(F)c2)cc(OC2CCCC2)c1. The van der Waals surface area contributed by atoms with E-state index in [2.05, 4.69) is 5.16 Å². The van der Waals surface area contributed by atoms with Crippen LogP contribution in [0.1, 0.15) is 54.7 Å². The van der Waals surface area contributed by atoms with Gasteiger partial charge in [0.2, 0.25) is 0 Å². The molecule has 2 aromatic carbocycles. The summed E-state index contributed by atoms with van der Waals surface area (Å²) in [5.41, 5.74) is 3.92. The highest BCUT2D eigenvalue weighted by Crippen LogP contribution is 2.33. The Kier molecular flexibility index (Phi) is 6.96. The molecule has 1 fully saturated rings. The van der Waals surface area contributed by atoms with Gasteiger partial charge in [-0.05, 0) is 86.9 Å². The van der Waals surface area contributed by atoms with E-state index in [0.717, 1.165) is 46.7 Å². The first-order valence-corrected chi connectivity index (χ1v) is 11.3. The summed E-state index contributed by atoms with van der Waals surface area (Å²) in [6.07, 6.45) is 4.70. The van der Waals surface area contributed by atoms with Crippen molar-refractivity contribution in [1.29, 1.82) is 0 Å². The molecule has 4 rings (SSSR count). The van der Waals surface area contributed by atoms with Crippen LogP contribution in [0, 0.1) is 19.7 Å². The average molecular weight is 454 g/mol. The molecule has 33 heavy (non-hydrogen) atoms. The number of rotatable bonds is 9. The zero-order valence-electron chi connectivity index (χ0n) is 18.9. The summed E-state index contributed by atoms with van der Waals surface area (Å²) >= 11 is 0. The molecule has 0 saturated heterocycles. The molecule has 0 spiro atoms. The van der Waals surface area contributed by atoms with Crippen LogP contribution in [0.2, 0.25) is 0 Å². The van der Waals surface area contributed by atoms with Gasteiger partial charge in [-0.15, -0.1) is 0 Å². The maximum absolute atomic E-state index is 14.3. The highest BCUT2D eigenvalue weighted by Gasteiger charge is 2.19. The largest absolute Gasteiger partial charge is 0.490 e. The first-order chi connectivity index (χ1) is 15.9. The van der Waals surface area contributed by atoms with Gasteiger partial charge in [0.1, 0.15) is 29.7 Å². The predicted octanol–water partition coefficient (Wildman–Crippen LogP) is 6.02. The molecule has 1 N–H and O–H groups in total. The van der Waals surface area contributed by atoms with Gasteiger partial charge in [0, 0.05) is 18.1 Å². The third kappa shape index (κ3) is 5.72. The summed E-state index contributed by atoms with van der Waals surface area (Å²) in [7, 11) is 0. The first kappa shape index (κ1) is 22.8. The lowest BCUT2D eigenvalue weighted by Crippen LogP contribution is -2.11. The van der Waals surface area contributed by atoms with Gasteiger partial charge >= 0.3 is 5.97 Å². The third-order valence-electron chi connectivity index (χ3n) is 5.93. The van der Waals surface area contributed by atoms with Gasteiger partial charge in [-0.1, -0.05) is 11.2 Å². The van der Waals surface area contributed by atoms with E-state index in [1.165, 1.54) is 18.9 Å². The van der Waals surface area contributed by atoms with Gasteiger partial charge in [0.25, 0.3) is 0 Å². The number of carboxylic acids is 1. The summed E-state index contributed by atoms with van der Waals surface area (Å²) < 4.78 is 31.8. The molecule has 0 unspecified atom stereocenters. The van der Waals surface area contributed by atoms with E-state index in [4.69, 9.17) is 19.1 Å². The van der Waals surface area contributed by atoms with Crippen molar-refractivity contribution < 1.29 is 28.3 Å². The monoisotopic (exact) mass is 453 g/mol. The highest BCUT2D eigenvalue weighted by atomic mass is 19.1. The van der Waals surface area contributed by atoms with E-state index in [9.17, 15) is 9.18 Å². The van der Waals surface area contributed by atoms with Gasteiger partial charge < -0.3 is 19.1 Å². The van der Waals surface area contributed by atoms with Crippen LogP contribution in [0.5, 0.6) is 11.5 Å². The number of nitrogens with zero attached hydrogens (tertiary/aromatic N) is 1. The molecule has 0 bridgehead atoms. The minimum absolute atomic E-state index is 0.116. The van der Waals surface area contributed by atoms with Gasteiger partial charge in [0.15, 0.2) is 0 Å². The Morgan fingerprint density at radius 3 is 2.61 bits per heavy atom. The van der Waals surface area contributed by atoms with E-state index >= 15 is 0 Å². The van der Waals surface area contributed by atoms with Crippen LogP contribution < -0.4 is 9.47 Å². The number of halogens is 1. The molecule has 3 aromatic rings. The number of aryl methyl sites for hydroxylation is 3. The van der Waals surface area contributed by atoms with Gasteiger partial charge in [-0.25, -0.2) is 4.39 Å². The van der Waals surface area contributed by atoms with Crippen molar-refractivity contribution in [1.82, 2.24) is 5.16 Å². The van der Waals surface area contributed by atoms with Crippen molar-refractivity contribution in [3.8, 4) is 22.6 Å². The molecule has 1 aromatic heterocycles. The third-order valence-corrected chi connectivity index (χ3v) is 5.93. The zero-order chi connectivity index (χ0) is 23.4. The van der Waals surface area contributed by atoms with Crippen LogP contribution in [0.25, 0.3) is 11.1 Å². The van der Waals surface area contributed by atoms with E-state index in [1.807, 2.05) is 32.0 Å². The molecule has 0 aliphatic heterocycles. The molecule has 0 radical (unpaired) electrons. The van der Waals surface area contributed by atoms with Crippen LogP contribution in [0.3, 0.4) is 0 Å². The van der Waals surface area contributed by atoms with Crippen LogP contribution in [-0.4, -0.2) is 22.3 Å². The molecular formula is C26H28FNO5. The second-order valence-electron chi connectivity index (χ2n) is 8.52. The lowest BCUT2D eigenvalue weighted by Gasteiger charge is -2.16. The van der Waals surface area contributed by atoms with Crippen molar-refractivity contribution in [3.63, 3.8) is 0 Å². The number of carbonyl (C=O) groups is 1. The molecule has 174 valence electrons. The van der Waals surface area contributed by atoms with Crippen LogP contribution in [0.15, 0.2) is 40.9 Å². The molecular weight excluding hydrogens is 425 g/mol. The summed E-state index contributed by atoms with van der Waals surface area (Å²) in [6.45, 7) is 4.01. The topological polar surface area (TPSA) is 81.8 Å². The van der Waals surface area contributed by atoms with E-state index < -0.39 is 11.8 Å². The molecule has 1 aliphatic carbocycles. The Labute approximate surface area is 192 Å². The molecule has 1 saturated carbocycles. The summed E-state index contributed by atoms with van der Waals surface area (Å²) in [5.74, 6) is 0.462. The summed E-state index contributed by atoms with van der Waals surface area (Å²) in [5, 5.41) is 12.9. The number of hydrogen-bond acceptors (Lipinski definition) is 5. The number of aromatic nitrogens is 1. The maximum Gasteiger partial charge on any atom is 0.303 e. The fourth-order valence-electron chi connectivity index (χ4n) is 4.28. The zero-order valence-corrected chi connectivity index (χ0v) is 18.9. The number of carboxylic acid groups (broad SMARTS) is 1. The van der Waals surface area contributed by atoms with Crippen molar-refractivity contribution in [2.75, 3.05) is 0 Å². The van der Waals surface area contributed by atoms with E-state index in [1.54, 1.807) is 12.1 Å². The highest BCUT2D eigenvalue weighted by molar-refractivity contribution is 5.70.